The van der Waals surface area contributed by atoms with Crippen molar-refractivity contribution in [3.8, 4) is 22.4 Å². The number of aryl methyl sites for hydroxylation is 1. The second-order valence-corrected chi connectivity index (χ2v) is 10.7. The van der Waals surface area contributed by atoms with Gasteiger partial charge in [0.15, 0.2) is 0 Å². The SMILES string of the molecule is Cc1coc2nc(-c3cc(C(C)(C)C)c4ccccc4c3)cc(-c3csc4ccccc34)c12. The van der Waals surface area contributed by atoms with Crippen molar-refractivity contribution in [1.82, 2.24) is 4.98 Å². The van der Waals surface area contributed by atoms with Crippen molar-refractivity contribution in [1.29, 1.82) is 0 Å². The summed E-state index contributed by atoms with van der Waals surface area (Å²) in [6.45, 7) is 8.91. The van der Waals surface area contributed by atoms with E-state index in [0.717, 1.165) is 22.2 Å². The van der Waals surface area contributed by atoms with Crippen molar-refractivity contribution in [3.63, 3.8) is 0 Å². The van der Waals surface area contributed by atoms with E-state index in [1.54, 1.807) is 11.3 Å². The van der Waals surface area contributed by atoms with Crippen LogP contribution in [0, 0.1) is 6.92 Å². The van der Waals surface area contributed by atoms with Crippen LogP contribution >= 0.6 is 11.3 Å². The summed E-state index contributed by atoms with van der Waals surface area (Å²) in [5.74, 6) is 0. The Hall–Kier alpha value is -3.43. The van der Waals surface area contributed by atoms with Crippen LogP contribution in [0.25, 0.3) is 54.3 Å². The molecule has 0 atom stereocenters. The van der Waals surface area contributed by atoms with E-state index in [9.17, 15) is 0 Å². The van der Waals surface area contributed by atoms with Crippen LogP contribution in [0.4, 0.5) is 0 Å². The molecule has 0 aliphatic rings. The van der Waals surface area contributed by atoms with Gasteiger partial charge in [-0.05, 0) is 69.4 Å². The first-order valence-electron chi connectivity index (χ1n) is 11.3. The molecule has 0 saturated heterocycles. The van der Waals surface area contributed by atoms with E-state index in [4.69, 9.17) is 9.40 Å². The zero-order valence-electron chi connectivity index (χ0n) is 19.3. The minimum absolute atomic E-state index is 0.0212. The summed E-state index contributed by atoms with van der Waals surface area (Å²) in [7, 11) is 0. The Bertz CT molecular complexity index is 1660. The lowest BCUT2D eigenvalue weighted by molar-refractivity contribution is 0.596. The fourth-order valence-electron chi connectivity index (χ4n) is 4.82. The number of aromatic nitrogens is 1. The van der Waals surface area contributed by atoms with Gasteiger partial charge in [-0.1, -0.05) is 63.2 Å². The monoisotopic (exact) mass is 447 g/mol. The van der Waals surface area contributed by atoms with Gasteiger partial charge in [-0.25, -0.2) is 4.98 Å². The molecule has 0 unspecified atom stereocenters. The molecule has 0 amide bonds. The number of hydrogen-bond acceptors (Lipinski definition) is 3. The summed E-state index contributed by atoms with van der Waals surface area (Å²) >= 11 is 1.78. The highest BCUT2D eigenvalue weighted by Crippen LogP contribution is 2.41. The van der Waals surface area contributed by atoms with Gasteiger partial charge in [-0.2, -0.15) is 0 Å². The minimum atomic E-state index is 0.0212. The first-order chi connectivity index (χ1) is 15.9. The lowest BCUT2D eigenvalue weighted by atomic mass is 9.82. The van der Waals surface area contributed by atoms with E-state index in [1.807, 2.05) is 6.26 Å². The highest BCUT2D eigenvalue weighted by Gasteiger charge is 2.21. The molecule has 0 radical (unpaired) electrons. The smallest absolute Gasteiger partial charge is 0.227 e. The topological polar surface area (TPSA) is 26.0 Å². The maximum absolute atomic E-state index is 5.94. The van der Waals surface area contributed by atoms with Crippen LogP contribution in [0.1, 0.15) is 31.9 Å². The third kappa shape index (κ3) is 3.27. The van der Waals surface area contributed by atoms with E-state index in [1.165, 1.54) is 37.5 Å². The van der Waals surface area contributed by atoms with Crippen LogP contribution in [-0.2, 0) is 5.41 Å². The molecule has 6 aromatic rings. The maximum atomic E-state index is 5.94. The Balaban J connectivity index is 1.66. The Labute approximate surface area is 197 Å². The second-order valence-electron chi connectivity index (χ2n) is 9.79. The van der Waals surface area contributed by atoms with Crippen molar-refractivity contribution in [3.05, 3.63) is 89.5 Å². The molecule has 162 valence electrons. The maximum Gasteiger partial charge on any atom is 0.227 e. The van der Waals surface area contributed by atoms with Crippen molar-refractivity contribution >= 4 is 43.3 Å². The number of hydrogen-bond donors (Lipinski definition) is 0. The lowest BCUT2D eigenvalue weighted by Crippen LogP contribution is -2.12. The van der Waals surface area contributed by atoms with Crippen LogP contribution in [0.15, 0.2) is 82.8 Å². The average Bonchev–Trinajstić information content (AvgIpc) is 3.41. The first kappa shape index (κ1) is 20.2. The van der Waals surface area contributed by atoms with Crippen molar-refractivity contribution < 1.29 is 4.42 Å². The summed E-state index contributed by atoms with van der Waals surface area (Å²) in [4.78, 5) is 4.98. The Morgan fingerprint density at radius 3 is 2.42 bits per heavy atom. The van der Waals surface area contributed by atoms with Gasteiger partial charge in [-0.3, -0.25) is 0 Å². The fourth-order valence-corrected chi connectivity index (χ4v) is 5.78. The Morgan fingerprint density at radius 2 is 1.61 bits per heavy atom. The van der Waals surface area contributed by atoms with Gasteiger partial charge in [0.2, 0.25) is 5.71 Å². The van der Waals surface area contributed by atoms with Gasteiger partial charge in [0.1, 0.15) is 0 Å². The highest BCUT2D eigenvalue weighted by atomic mass is 32.1. The number of thiophene rings is 1. The summed E-state index contributed by atoms with van der Waals surface area (Å²) in [5.41, 5.74) is 7.65. The van der Waals surface area contributed by atoms with Gasteiger partial charge in [0.25, 0.3) is 0 Å². The molecule has 0 aliphatic carbocycles. The van der Waals surface area contributed by atoms with E-state index in [2.05, 4.69) is 99.8 Å². The summed E-state index contributed by atoms with van der Waals surface area (Å²) in [6, 6.07) is 24.0. The number of furan rings is 1. The van der Waals surface area contributed by atoms with Gasteiger partial charge in [-0.15, -0.1) is 11.3 Å². The van der Waals surface area contributed by atoms with Crippen LogP contribution in [-0.4, -0.2) is 4.98 Å². The zero-order chi connectivity index (χ0) is 22.7. The lowest BCUT2D eigenvalue weighted by Gasteiger charge is -2.23. The first-order valence-corrected chi connectivity index (χ1v) is 12.2. The molecular formula is C30H25NOS. The molecule has 3 aromatic carbocycles. The molecule has 0 fully saturated rings. The zero-order valence-corrected chi connectivity index (χ0v) is 20.1. The highest BCUT2D eigenvalue weighted by molar-refractivity contribution is 7.17. The molecule has 3 aromatic heterocycles. The number of fused-ring (bicyclic) bond motifs is 3. The predicted molar refractivity (Wildman–Crippen MR) is 141 cm³/mol. The van der Waals surface area contributed by atoms with Gasteiger partial charge >= 0.3 is 0 Å². The van der Waals surface area contributed by atoms with E-state index >= 15 is 0 Å². The quantitative estimate of drug-likeness (QED) is 0.264. The van der Waals surface area contributed by atoms with Crippen molar-refractivity contribution in [2.45, 2.75) is 33.1 Å². The molecule has 3 heteroatoms. The number of pyridine rings is 1. The minimum Gasteiger partial charge on any atom is -0.446 e. The van der Waals surface area contributed by atoms with Crippen LogP contribution in [0.5, 0.6) is 0 Å². The van der Waals surface area contributed by atoms with E-state index in [-0.39, 0.29) is 5.41 Å². The average molecular weight is 448 g/mol. The molecule has 0 spiro atoms. The summed E-state index contributed by atoms with van der Waals surface area (Å²) in [5, 5.41) is 7.17. The van der Waals surface area contributed by atoms with Crippen LogP contribution < -0.4 is 0 Å². The van der Waals surface area contributed by atoms with Gasteiger partial charge in [0, 0.05) is 21.2 Å². The Morgan fingerprint density at radius 1 is 0.848 bits per heavy atom. The normalized spacial score (nSPS) is 12.2. The molecule has 6 rings (SSSR count). The second kappa shape index (κ2) is 7.29. The summed E-state index contributed by atoms with van der Waals surface area (Å²) in [6.07, 6.45) is 1.82. The molecule has 0 saturated carbocycles. The predicted octanol–water partition coefficient (Wildman–Crippen LogP) is 9.14. The third-order valence-corrected chi connectivity index (χ3v) is 7.43. The fraction of sp³-hybridized carbons (Fsp3) is 0.167. The molecule has 0 bridgehead atoms. The number of rotatable bonds is 2. The van der Waals surface area contributed by atoms with Crippen LogP contribution in [0.2, 0.25) is 0 Å². The van der Waals surface area contributed by atoms with Crippen LogP contribution in [0.3, 0.4) is 0 Å². The molecule has 0 N–H and O–H groups in total. The van der Waals surface area contributed by atoms with E-state index in [0.29, 0.717) is 5.71 Å². The molecule has 3 heterocycles. The molecular weight excluding hydrogens is 422 g/mol. The van der Waals surface area contributed by atoms with Crippen molar-refractivity contribution in [2.75, 3.05) is 0 Å². The molecule has 2 nitrogen and oxygen atoms in total. The third-order valence-electron chi connectivity index (χ3n) is 6.46. The van der Waals surface area contributed by atoms with Crippen molar-refractivity contribution in [2.24, 2.45) is 0 Å². The van der Waals surface area contributed by atoms with Gasteiger partial charge in [0.05, 0.1) is 17.3 Å². The summed E-state index contributed by atoms with van der Waals surface area (Å²) < 4.78 is 7.23. The number of nitrogens with zero attached hydrogens (tertiary/aromatic N) is 1. The molecule has 33 heavy (non-hydrogen) atoms. The molecule has 0 aliphatic heterocycles. The standard InChI is InChI=1S/C30H25NOS/c1-18-16-32-29-28(18)23(24-17-33-27-12-8-7-11-22(24)27)15-26(31-29)20-13-19-9-5-6-10-21(19)25(14-20)30(2,3)4/h5-17H,1-4H3. The van der Waals surface area contributed by atoms with Gasteiger partial charge < -0.3 is 4.42 Å². The van der Waals surface area contributed by atoms with E-state index < -0.39 is 0 Å². The Kier molecular flexibility index (Phi) is 4.46. The largest absolute Gasteiger partial charge is 0.446 e. The number of benzene rings is 3.